The Balaban J connectivity index is 2.24. The van der Waals surface area contributed by atoms with Crippen molar-refractivity contribution < 1.29 is 9.13 Å². The van der Waals surface area contributed by atoms with E-state index in [2.05, 4.69) is 22.2 Å². The molecule has 1 heterocycles. The van der Waals surface area contributed by atoms with E-state index < -0.39 is 0 Å². The van der Waals surface area contributed by atoms with Crippen LogP contribution >= 0.6 is 0 Å². The van der Waals surface area contributed by atoms with E-state index in [0.717, 1.165) is 31.9 Å². The van der Waals surface area contributed by atoms with Gasteiger partial charge in [0.15, 0.2) is 0 Å². The molecule has 1 N–H and O–H groups in total. The van der Waals surface area contributed by atoms with Gasteiger partial charge in [0.05, 0.1) is 18.5 Å². The van der Waals surface area contributed by atoms with E-state index in [-0.39, 0.29) is 11.9 Å². The molecule has 1 aromatic heterocycles. The maximum atomic E-state index is 12.7. The van der Waals surface area contributed by atoms with Gasteiger partial charge in [-0.15, -0.1) is 0 Å². The molecule has 1 rings (SSSR count). The highest BCUT2D eigenvalue weighted by Gasteiger charge is 2.06. The summed E-state index contributed by atoms with van der Waals surface area (Å²) in [6, 6.07) is 3.27. The van der Waals surface area contributed by atoms with Crippen LogP contribution in [0.15, 0.2) is 18.3 Å². The fraction of sp³-hybridized carbons (Fsp3) is 0.615. The molecule has 5 heteroatoms. The molecule has 0 aliphatic carbocycles. The van der Waals surface area contributed by atoms with Crippen LogP contribution < -0.4 is 5.32 Å². The van der Waals surface area contributed by atoms with Crippen LogP contribution in [-0.2, 0) is 4.74 Å². The van der Waals surface area contributed by atoms with Crippen molar-refractivity contribution >= 4 is 0 Å². The van der Waals surface area contributed by atoms with Crippen molar-refractivity contribution in [3.63, 3.8) is 0 Å². The zero-order chi connectivity index (χ0) is 13.4. The topological polar surface area (TPSA) is 37.4 Å². The number of hydrogen-bond donors (Lipinski definition) is 1. The van der Waals surface area contributed by atoms with Crippen LogP contribution in [0.2, 0.25) is 0 Å². The van der Waals surface area contributed by atoms with Crippen molar-refractivity contribution in [1.82, 2.24) is 15.2 Å². The Labute approximate surface area is 108 Å². The maximum Gasteiger partial charge on any atom is 0.141 e. The molecule has 0 aliphatic rings. The van der Waals surface area contributed by atoms with Crippen molar-refractivity contribution in [3.05, 3.63) is 29.8 Å². The van der Waals surface area contributed by atoms with Crippen LogP contribution in [-0.4, -0.2) is 50.3 Å². The lowest BCUT2D eigenvalue weighted by molar-refractivity contribution is 0.161. The van der Waals surface area contributed by atoms with E-state index in [1.807, 2.05) is 6.92 Å². The van der Waals surface area contributed by atoms with Crippen molar-refractivity contribution in [2.45, 2.75) is 13.0 Å². The van der Waals surface area contributed by atoms with Crippen molar-refractivity contribution in [3.8, 4) is 0 Å². The first-order chi connectivity index (χ1) is 8.63. The monoisotopic (exact) mass is 255 g/mol. The third kappa shape index (κ3) is 5.53. The Hall–Kier alpha value is -1.04. The number of nitrogens with zero attached hydrogens (tertiary/aromatic N) is 2. The largest absolute Gasteiger partial charge is 0.383 e. The quantitative estimate of drug-likeness (QED) is 0.763. The van der Waals surface area contributed by atoms with E-state index in [1.54, 1.807) is 13.2 Å². The van der Waals surface area contributed by atoms with Gasteiger partial charge in [-0.2, -0.15) is 0 Å². The van der Waals surface area contributed by atoms with Crippen molar-refractivity contribution in [1.29, 1.82) is 0 Å². The second-order valence-electron chi connectivity index (χ2n) is 4.37. The summed E-state index contributed by atoms with van der Waals surface area (Å²) in [7, 11) is 3.76. The van der Waals surface area contributed by atoms with Gasteiger partial charge >= 0.3 is 0 Å². The number of hydrogen-bond acceptors (Lipinski definition) is 4. The number of rotatable bonds is 8. The lowest BCUT2D eigenvalue weighted by Crippen LogP contribution is -2.32. The van der Waals surface area contributed by atoms with E-state index in [1.165, 1.54) is 12.3 Å². The van der Waals surface area contributed by atoms with Crippen LogP contribution in [0.1, 0.15) is 18.7 Å². The molecular weight excluding hydrogens is 233 g/mol. The standard InChI is InChI=1S/C13H22FN3O/c1-11(13-5-4-12(14)10-16-13)15-6-7-17(2)8-9-18-3/h4-5,10-11,15H,6-9H2,1-3H3. The number of methoxy groups -OCH3 is 1. The van der Waals surface area contributed by atoms with Crippen LogP contribution in [0.5, 0.6) is 0 Å². The van der Waals surface area contributed by atoms with Crippen LogP contribution in [0, 0.1) is 5.82 Å². The molecule has 18 heavy (non-hydrogen) atoms. The SMILES string of the molecule is COCCN(C)CCNC(C)c1ccc(F)cn1. The molecule has 0 saturated heterocycles. The van der Waals surface area contributed by atoms with Gasteiger partial charge in [-0.3, -0.25) is 4.98 Å². The summed E-state index contributed by atoms with van der Waals surface area (Å²) in [4.78, 5) is 6.25. The predicted molar refractivity (Wildman–Crippen MR) is 70.0 cm³/mol. The molecule has 0 saturated carbocycles. The molecule has 0 aromatic carbocycles. The molecule has 0 aliphatic heterocycles. The molecule has 1 aromatic rings. The Kier molecular flexibility index (Phi) is 6.78. The molecule has 1 atom stereocenters. The van der Waals surface area contributed by atoms with E-state index in [4.69, 9.17) is 4.74 Å². The third-order valence-electron chi connectivity index (χ3n) is 2.82. The number of ether oxygens (including phenoxy) is 1. The Morgan fingerprint density at radius 2 is 2.22 bits per heavy atom. The minimum Gasteiger partial charge on any atom is -0.383 e. The summed E-state index contributed by atoms with van der Waals surface area (Å²) in [6.07, 6.45) is 1.25. The van der Waals surface area contributed by atoms with Crippen LogP contribution in [0.25, 0.3) is 0 Å². The lowest BCUT2D eigenvalue weighted by Gasteiger charge is -2.18. The van der Waals surface area contributed by atoms with Gasteiger partial charge in [0.25, 0.3) is 0 Å². The van der Waals surface area contributed by atoms with Gasteiger partial charge < -0.3 is 15.0 Å². The number of aromatic nitrogens is 1. The van der Waals surface area contributed by atoms with Crippen LogP contribution in [0.4, 0.5) is 4.39 Å². The Bertz CT molecular complexity index is 332. The first-order valence-corrected chi connectivity index (χ1v) is 6.15. The van der Waals surface area contributed by atoms with Gasteiger partial charge in [-0.1, -0.05) is 0 Å². The van der Waals surface area contributed by atoms with Gasteiger partial charge in [0.1, 0.15) is 5.82 Å². The summed E-state index contributed by atoms with van der Waals surface area (Å²) in [5.41, 5.74) is 0.857. The predicted octanol–water partition coefficient (Wildman–Crippen LogP) is 1.45. The highest BCUT2D eigenvalue weighted by molar-refractivity contribution is 5.08. The molecule has 0 amide bonds. The highest BCUT2D eigenvalue weighted by atomic mass is 19.1. The molecule has 1 unspecified atom stereocenters. The molecule has 0 bridgehead atoms. The van der Waals surface area contributed by atoms with Gasteiger partial charge in [0.2, 0.25) is 0 Å². The smallest absolute Gasteiger partial charge is 0.141 e. The number of pyridine rings is 1. The van der Waals surface area contributed by atoms with Crippen LogP contribution in [0.3, 0.4) is 0 Å². The lowest BCUT2D eigenvalue weighted by atomic mass is 10.2. The zero-order valence-electron chi connectivity index (χ0n) is 11.3. The maximum absolute atomic E-state index is 12.7. The van der Waals surface area contributed by atoms with E-state index in [0.29, 0.717) is 0 Å². The average Bonchev–Trinajstić information content (AvgIpc) is 2.37. The number of halogens is 1. The molecule has 0 fully saturated rings. The van der Waals surface area contributed by atoms with Gasteiger partial charge in [-0.05, 0) is 26.1 Å². The van der Waals surface area contributed by atoms with Gasteiger partial charge in [-0.25, -0.2) is 4.39 Å². The summed E-state index contributed by atoms with van der Waals surface area (Å²) in [5, 5.41) is 3.36. The van der Waals surface area contributed by atoms with Gasteiger partial charge in [0, 0.05) is 32.8 Å². The first-order valence-electron chi connectivity index (χ1n) is 6.15. The Morgan fingerprint density at radius 1 is 1.44 bits per heavy atom. The van der Waals surface area contributed by atoms with E-state index in [9.17, 15) is 4.39 Å². The fourth-order valence-electron chi connectivity index (χ4n) is 1.58. The number of likely N-dealkylation sites (N-methyl/N-ethyl adjacent to an activating group) is 1. The second kappa shape index (κ2) is 8.13. The number of nitrogens with one attached hydrogen (secondary N) is 1. The fourth-order valence-corrected chi connectivity index (χ4v) is 1.58. The minimum absolute atomic E-state index is 0.126. The zero-order valence-corrected chi connectivity index (χ0v) is 11.3. The minimum atomic E-state index is -0.301. The molecular formula is C13H22FN3O. The molecule has 0 spiro atoms. The normalized spacial score (nSPS) is 12.9. The second-order valence-corrected chi connectivity index (χ2v) is 4.37. The highest BCUT2D eigenvalue weighted by Crippen LogP contribution is 2.08. The molecule has 0 radical (unpaired) electrons. The summed E-state index contributed by atoms with van der Waals surface area (Å²) in [5.74, 6) is -0.301. The third-order valence-corrected chi connectivity index (χ3v) is 2.82. The molecule has 4 nitrogen and oxygen atoms in total. The molecule has 102 valence electrons. The van der Waals surface area contributed by atoms with Crippen molar-refractivity contribution in [2.24, 2.45) is 0 Å². The Morgan fingerprint density at radius 3 is 2.83 bits per heavy atom. The summed E-state index contributed by atoms with van der Waals surface area (Å²) < 4.78 is 17.7. The van der Waals surface area contributed by atoms with Crippen molar-refractivity contribution in [2.75, 3.05) is 40.4 Å². The van der Waals surface area contributed by atoms with E-state index >= 15 is 0 Å². The summed E-state index contributed by atoms with van der Waals surface area (Å²) in [6.45, 7) is 5.48. The summed E-state index contributed by atoms with van der Waals surface area (Å²) >= 11 is 0. The average molecular weight is 255 g/mol. The first kappa shape index (κ1) is 15.0.